The van der Waals surface area contributed by atoms with Crippen LogP contribution in [-0.4, -0.2) is 35.8 Å². The number of benzene rings is 3. The van der Waals surface area contributed by atoms with Gasteiger partial charge in [0, 0.05) is 48.5 Å². The number of aryl methyl sites for hydroxylation is 1. The highest BCUT2D eigenvalue weighted by Crippen LogP contribution is 2.35. The Kier molecular flexibility index (Phi) is 6.53. The molecular formula is C31H25FN6O2. The van der Waals surface area contributed by atoms with E-state index in [1.807, 2.05) is 60.7 Å². The summed E-state index contributed by atoms with van der Waals surface area (Å²) in [4.78, 5) is 22.1. The molecule has 6 rings (SSSR count). The number of carbonyl (C=O) groups is 1. The van der Waals surface area contributed by atoms with Crippen molar-refractivity contribution in [2.24, 2.45) is 7.05 Å². The van der Waals surface area contributed by atoms with Crippen LogP contribution >= 0.6 is 0 Å². The number of fused-ring (bicyclic) bond motifs is 1. The summed E-state index contributed by atoms with van der Waals surface area (Å²) in [5.41, 5.74) is 4.06. The molecule has 0 spiro atoms. The zero-order chi connectivity index (χ0) is 27.6. The zero-order valence-corrected chi connectivity index (χ0v) is 21.6. The van der Waals surface area contributed by atoms with Gasteiger partial charge in [0.1, 0.15) is 12.1 Å². The van der Waals surface area contributed by atoms with Gasteiger partial charge in [-0.2, -0.15) is 0 Å². The molecule has 9 heteroatoms. The van der Waals surface area contributed by atoms with Crippen LogP contribution in [0, 0.1) is 5.82 Å². The Morgan fingerprint density at radius 1 is 0.975 bits per heavy atom. The van der Waals surface area contributed by atoms with Crippen molar-refractivity contribution >= 4 is 22.7 Å². The average Bonchev–Trinajstić information content (AvgIpc) is 3.59. The molecule has 40 heavy (non-hydrogen) atoms. The molecule has 0 saturated carbocycles. The van der Waals surface area contributed by atoms with Crippen molar-refractivity contribution in [3.05, 3.63) is 120 Å². The first kappa shape index (κ1) is 25.0. The van der Waals surface area contributed by atoms with Crippen LogP contribution in [0.3, 0.4) is 0 Å². The number of anilines is 1. The topological polar surface area (TPSA) is 99.9 Å². The van der Waals surface area contributed by atoms with Crippen LogP contribution in [0.2, 0.25) is 0 Å². The number of aromatic amines is 1. The van der Waals surface area contributed by atoms with E-state index in [1.165, 1.54) is 12.3 Å². The number of rotatable bonds is 8. The lowest BCUT2D eigenvalue weighted by Crippen LogP contribution is -2.23. The molecule has 3 aromatic heterocycles. The van der Waals surface area contributed by atoms with E-state index in [0.29, 0.717) is 52.5 Å². The summed E-state index contributed by atoms with van der Waals surface area (Å²) in [6, 6.07) is 26.5. The molecule has 0 atom stereocenters. The maximum absolute atomic E-state index is 15.5. The number of H-pyrrole nitrogens is 1. The second kappa shape index (κ2) is 10.5. The highest BCUT2D eigenvalue weighted by atomic mass is 19.1. The Morgan fingerprint density at radius 3 is 2.23 bits per heavy atom. The number of halogens is 1. The molecule has 0 saturated heterocycles. The minimum Gasteiger partial charge on any atom is -0.478 e. The average molecular weight is 533 g/mol. The Morgan fingerprint density at radius 2 is 1.65 bits per heavy atom. The van der Waals surface area contributed by atoms with Crippen molar-refractivity contribution in [2.45, 2.75) is 13.1 Å². The van der Waals surface area contributed by atoms with Gasteiger partial charge in [-0.15, -0.1) is 10.2 Å². The third-order valence-electron chi connectivity index (χ3n) is 6.84. The van der Waals surface area contributed by atoms with Crippen molar-refractivity contribution in [1.29, 1.82) is 0 Å². The van der Waals surface area contributed by atoms with Gasteiger partial charge in [-0.05, 0) is 29.3 Å². The quantitative estimate of drug-likeness (QED) is 0.247. The molecular weight excluding hydrogens is 507 g/mol. The Balaban J connectivity index is 1.47. The van der Waals surface area contributed by atoms with Gasteiger partial charge in [-0.1, -0.05) is 66.7 Å². The van der Waals surface area contributed by atoms with Gasteiger partial charge < -0.3 is 19.6 Å². The van der Waals surface area contributed by atoms with Crippen LogP contribution in [0.25, 0.3) is 33.5 Å². The van der Waals surface area contributed by atoms with Crippen molar-refractivity contribution < 1.29 is 14.3 Å². The maximum Gasteiger partial charge on any atom is 0.337 e. The monoisotopic (exact) mass is 532 g/mol. The maximum atomic E-state index is 15.5. The summed E-state index contributed by atoms with van der Waals surface area (Å²) in [7, 11) is 1.79. The second-order valence-electron chi connectivity index (χ2n) is 9.56. The van der Waals surface area contributed by atoms with Gasteiger partial charge in [-0.3, -0.25) is 0 Å². The van der Waals surface area contributed by atoms with E-state index < -0.39 is 11.8 Å². The lowest BCUT2D eigenvalue weighted by molar-refractivity contribution is 0.0698. The van der Waals surface area contributed by atoms with Crippen LogP contribution < -0.4 is 4.90 Å². The van der Waals surface area contributed by atoms with E-state index in [9.17, 15) is 9.90 Å². The van der Waals surface area contributed by atoms with Crippen LogP contribution in [0.1, 0.15) is 21.5 Å². The molecule has 0 amide bonds. The predicted octanol–water partition coefficient (Wildman–Crippen LogP) is 6.07. The Bertz CT molecular complexity index is 1770. The van der Waals surface area contributed by atoms with E-state index in [-0.39, 0.29) is 5.56 Å². The van der Waals surface area contributed by atoms with Gasteiger partial charge in [0.25, 0.3) is 0 Å². The van der Waals surface area contributed by atoms with Crippen LogP contribution in [0.4, 0.5) is 10.2 Å². The number of hydrogen-bond donors (Lipinski definition) is 2. The summed E-state index contributed by atoms with van der Waals surface area (Å²) in [5.74, 6) is -0.455. The molecule has 198 valence electrons. The predicted molar refractivity (Wildman–Crippen MR) is 151 cm³/mol. The molecule has 8 nitrogen and oxygen atoms in total. The van der Waals surface area contributed by atoms with E-state index in [2.05, 4.69) is 25.1 Å². The molecule has 0 fully saturated rings. The SMILES string of the molecule is Cn1cnnc1-c1ccc(-c2cc3c(C(=O)O)cnc(N(Cc4ccccc4)Cc4ccccc4)c3[nH]2)c(F)c1. The summed E-state index contributed by atoms with van der Waals surface area (Å²) in [6.45, 7) is 1.08. The van der Waals surface area contributed by atoms with Gasteiger partial charge >= 0.3 is 5.97 Å². The molecule has 0 aliphatic heterocycles. The van der Waals surface area contributed by atoms with E-state index in [4.69, 9.17) is 0 Å². The van der Waals surface area contributed by atoms with Gasteiger partial charge in [-0.25, -0.2) is 14.2 Å². The van der Waals surface area contributed by atoms with Crippen molar-refractivity contribution in [3.63, 3.8) is 0 Å². The highest BCUT2D eigenvalue weighted by molar-refractivity contribution is 6.07. The molecule has 6 aromatic rings. The first-order chi connectivity index (χ1) is 19.5. The number of nitrogens with zero attached hydrogens (tertiary/aromatic N) is 5. The second-order valence-corrected chi connectivity index (χ2v) is 9.56. The number of carboxylic acids is 1. The van der Waals surface area contributed by atoms with E-state index in [1.54, 1.807) is 36.1 Å². The molecule has 0 unspecified atom stereocenters. The molecule has 0 aliphatic rings. The summed E-state index contributed by atoms with van der Waals surface area (Å²) in [6.07, 6.45) is 2.92. The fraction of sp³-hybridized carbons (Fsp3) is 0.0968. The zero-order valence-electron chi connectivity index (χ0n) is 21.6. The molecule has 0 bridgehead atoms. The molecule has 3 aromatic carbocycles. The minimum atomic E-state index is -1.11. The number of nitrogens with one attached hydrogen (secondary N) is 1. The molecule has 3 heterocycles. The van der Waals surface area contributed by atoms with Crippen LogP contribution in [0.5, 0.6) is 0 Å². The number of pyridine rings is 1. The van der Waals surface area contributed by atoms with Crippen molar-refractivity contribution in [3.8, 4) is 22.6 Å². The van der Waals surface area contributed by atoms with Crippen LogP contribution in [0.15, 0.2) is 97.5 Å². The smallest absolute Gasteiger partial charge is 0.337 e. The highest BCUT2D eigenvalue weighted by Gasteiger charge is 2.22. The fourth-order valence-electron chi connectivity index (χ4n) is 4.89. The van der Waals surface area contributed by atoms with Gasteiger partial charge in [0.05, 0.1) is 11.1 Å². The van der Waals surface area contributed by atoms with Gasteiger partial charge in [0.2, 0.25) is 0 Å². The normalized spacial score (nSPS) is 11.2. The molecule has 0 aliphatic carbocycles. The molecule has 0 radical (unpaired) electrons. The number of aromatic carboxylic acids is 1. The minimum absolute atomic E-state index is 0.0386. The first-order valence-corrected chi connectivity index (χ1v) is 12.7. The third-order valence-corrected chi connectivity index (χ3v) is 6.84. The summed E-state index contributed by atoms with van der Waals surface area (Å²) in [5, 5.41) is 18.3. The first-order valence-electron chi connectivity index (χ1n) is 12.7. The van der Waals surface area contributed by atoms with Crippen molar-refractivity contribution in [1.82, 2.24) is 24.7 Å². The third kappa shape index (κ3) is 4.80. The number of carboxylic acid groups (broad SMARTS) is 1. The van der Waals surface area contributed by atoms with Gasteiger partial charge in [0.15, 0.2) is 11.6 Å². The van der Waals surface area contributed by atoms with Crippen molar-refractivity contribution in [2.75, 3.05) is 4.90 Å². The lowest BCUT2D eigenvalue weighted by Gasteiger charge is -2.25. The Labute approximate surface area is 229 Å². The summed E-state index contributed by atoms with van der Waals surface area (Å²) >= 11 is 0. The van der Waals surface area contributed by atoms with E-state index >= 15 is 4.39 Å². The summed E-state index contributed by atoms with van der Waals surface area (Å²) < 4.78 is 17.2. The number of aromatic nitrogens is 5. The number of hydrogen-bond acceptors (Lipinski definition) is 5. The molecule has 2 N–H and O–H groups in total. The largest absolute Gasteiger partial charge is 0.478 e. The van der Waals surface area contributed by atoms with Crippen LogP contribution in [-0.2, 0) is 20.1 Å². The standard InChI is InChI=1S/C31H25FN6O2/c1-37-19-34-36-29(37)22-12-13-23(26(32)14-22)27-15-24-25(31(39)40)16-33-30(28(24)35-27)38(17-20-8-4-2-5-9-20)18-21-10-6-3-7-11-21/h2-16,19,35H,17-18H2,1H3,(H,39,40). The Hall–Kier alpha value is -5.31. The lowest BCUT2D eigenvalue weighted by atomic mass is 10.1. The van der Waals surface area contributed by atoms with E-state index in [0.717, 1.165) is 11.1 Å². The fourth-order valence-corrected chi connectivity index (χ4v) is 4.89.